The molecule has 2 fully saturated rings. The van der Waals surface area contributed by atoms with Gasteiger partial charge in [-0.2, -0.15) is 4.31 Å². The lowest BCUT2D eigenvalue weighted by Gasteiger charge is -2.33. The molecule has 0 unspecified atom stereocenters. The van der Waals surface area contributed by atoms with Crippen LogP contribution in [0.3, 0.4) is 0 Å². The van der Waals surface area contributed by atoms with Crippen LogP contribution in [0.25, 0.3) is 11.5 Å². The van der Waals surface area contributed by atoms with Gasteiger partial charge in [0.25, 0.3) is 10.0 Å². The third-order valence-corrected chi connectivity index (χ3v) is 9.05. The van der Waals surface area contributed by atoms with Gasteiger partial charge in [0.2, 0.25) is 5.89 Å². The number of piperidine rings is 2. The Morgan fingerprint density at radius 3 is 2.69 bits per heavy atom. The summed E-state index contributed by atoms with van der Waals surface area (Å²) < 4.78 is 33.7. The zero-order valence-electron chi connectivity index (χ0n) is 16.5. The summed E-state index contributed by atoms with van der Waals surface area (Å²) in [5, 5.41) is 9.56. The second kappa shape index (κ2) is 8.53. The van der Waals surface area contributed by atoms with Gasteiger partial charge in [-0.15, -0.1) is 21.5 Å². The Kier molecular flexibility index (Phi) is 6.03. The molecule has 4 heterocycles. The summed E-state index contributed by atoms with van der Waals surface area (Å²) >= 11 is 1.15. The normalized spacial score (nSPS) is 21.4. The topological polar surface area (TPSA) is 96.6 Å². The maximum absolute atomic E-state index is 13.1. The van der Waals surface area contributed by atoms with Crippen molar-refractivity contribution in [1.82, 2.24) is 19.4 Å². The molecular weight excluding hydrogens is 412 g/mol. The molecule has 0 aliphatic carbocycles. The van der Waals surface area contributed by atoms with Crippen molar-refractivity contribution in [3.8, 4) is 11.5 Å². The number of nitrogens with zero attached hydrogens (tertiary/aromatic N) is 4. The second-order valence-corrected chi connectivity index (χ2v) is 10.6. The molecule has 2 aromatic heterocycles. The van der Waals surface area contributed by atoms with E-state index in [9.17, 15) is 13.2 Å². The molecule has 4 rings (SSSR count). The van der Waals surface area contributed by atoms with Crippen molar-refractivity contribution < 1.29 is 17.6 Å². The van der Waals surface area contributed by atoms with Crippen LogP contribution in [0.5, 0.6) is 0 Å². The van der Waals surface area contributed by atoms with E-state index in [-0.39, 0.29) is 27.9 Å². The molecule has 0 spiro atoms. The molecule has 0 radical (unpaired) electrons. The van der Waals surface area contributed by atoms with Crippen molar-refractivity contribution in [3.05, 3.63) is 17.3 Å². The third kappa shape index (κ3) is 4.10. The fourth-order valence-electron chi connectivity index (χ4n) is 4.04. The van der Waals surface area contributed by atoms with Crippen molar-refractivity contribution in [2.45, 2.75) is 62.1 Å². The molecule has 1 atom stereocenters. The molecule has 10 heteroatoms. The SMILES string of the molecule is CC[C@H]1CCCCN1S(=O)(=O)c1cc(-c2nnc(C(=O)N3CCCCC3)o2)cs1. The van der Waals surface area contributed by atoms with Crippen LogP contribution in [0.15, 0.2) is 20.1 Å². The number of hydrogen-bond donors (Lipinski definition) is 0. The molecule has 0 aromatic carbocycles. The van der Waals surface area contributed by atoms with Gasteiger partial charge in [-0.3, -0.25) is 4.79 Å². The van der Waals surface area contributed by atoms with E-state index in [2.05, 4.69) is 10.2 Å². The predicted molar refractivity (Wildman–Crippen MR) is 109 cm³/mol. The van der Waals surface area contributed by atoms with Crippen molar-refractivity contribution >= 4 is 27.3 Å². The summed E-state index contributed by atoms with van der Waals surface area (Å²) in [5.41, 5.74) is 0.531. The van der Waals surface area contributed by atoms with Crippen molar-refractivity contribution in [3.63, 3.8) is 0 Å². The Bertz CT molecular complexity index is 963. The average Bonchev–Trinajstić information content (AvgIpc) is 3.44. The van der Waals surface area contributed by atoms with Gasteiger partial charge in [-0.05, 0) is 44.6 Å². The number of carbonyl (C=O) groups is 1. The number of carbonyl (C=O) groups excluding carboxylic acids is 1. The first-order valence-electron chi connectivity index (χ1n) is 10.2. The average molecular weight is 439 g/mol. The van der Waals surface area contributed by atoms with E-state index in [0.717, 1.165) is 56.3 Å². The lowest BCUT2D eigenvalue weighted by atomic mass is 10.0. The monoisotopic (exact) mass is 438 g/mol. The molecule has 158 valence electrons. The molecule has 0 saturated carbocycles. The zero-order chi connectivity index (χ0) is 20.4. The first kappa shape index (κ1) is 20.5. The Morgan fingerprint density at radius 2 is 1.93 bits per heavy atom. The van der Waals surface area contributed by atoms with E-state index in [1.165, 1.54) is 0 Å². The van der Waals surface area contributed by atoms with Crippen molar-refractivity contribution in [2.24, 2.45) is 0 Å². The Labute approximate surface area is 175 Å². The number of sulfonamides is 1. The summed E-state index contributed by atoms with van der Waals surface area (Å²) in [5.74, 6) is -0.126. The van der Waals surface area contributed by atoms with Crippen LogP contribution in [0.2, 0.25) is 0 Å². The van der Waals surface area contributed by atoms with E-state index in [0.29, 0.717) is 25.2 Å². The molecular formula is C19H26N4O4S2. The highest BCUT2D eigenvalue weighted by molar-refractivity contribution is 7.91. The molecule has 2 aromatic rings. The lowest BCUT2D eigenvalue weighted by Crippen LogP contribution is -2.42. The van der Waals surface area contributed by atoms with Gasteiger partial charge >= 0.3 is 11.8 Å². The van der Waals surface area contributed by atoms with E-state index < -0.39 is 10.0 Å². The molecule has 8 nitrogen and oxygen atoms in total. The molecule has 29 heavy (non-hydrogen) atoms. The summed E-state index contributed by atoms with van der Waals surface area (Å²) in [6.45, 7) is 3.98. The van der Waals surface area contributed by atoms with Crippen LogP contribution in [0.1, 0.15) is 62.6 Å². The number of hydrogen-bond acceptors (Lipinski definition) is 7. The van der Waals surface area contributed by atoms with Gasteiger partial charge in [0.1, 0.15) is 4.21 Å². The maximum Gasteiger partial charge on any atom is 0.311 e. The fraction of sp³-hybridized carbons (Fsp3) is 0.632. The van der Waals surface area contributed by atoms with Gasteiger partial charge in [0, 0.05) is 31.1 Å². The fourth-order valence-corrected chi connectivity index (χ4v) is 7.08. The minimum atomic E-state index is -3.55. The highest BCUT2D eigenvalue weighted by Gasteiger charge is 2.34. The summed E-state index contributed by atoms with van der Waals surface area (Å²) in [7, 11) is -3.55. The van der Waals surface area contributed by atoms with E-state index in [1.807, 2.05) is 6.92 Å². The Hall–Kier alpha value is -1.78. The molecule has 0 bridgehead atoms. The quantitative estimate of drug-likeness (QED) is 0.710. The third-order valence-electron chi connectivity index (χ3n) is 5.68. The highest BCUT2D eigenvalue weighted by Crippen LogP contribution is 2.33. The predicted octanol–water partition coefficient (Wildman–Crippen LogP) is 3.38. The Balaban J connectivity index is 1.53. The standard InChI is InChI=1S/C19H26N4O4S2/c1-2-15-8-4-7-11-23(15)29(25,26)16-12-14(13-28-16)17-20-21-18(27-17)19(24)22-9-5-3-6-10-22/h12-13,15H,2-11H2,1H3/t15-/m0/s1. The number of amides is 1. The molecule has 2 aliphatic rings. The summed E-state index contributed by atoms with van der Waals surface area (Å²) in [4.78, 5) is 14.2. The largest absolute Gasteiger partial charge is 0.412 e. The van der Waals surface area contributed by atoms with E-state index >= 15 is 0 Å². The van der Waals surface area contributed by atoms with E-state index in [1.54, 1.807) is 20.7 Å². The smallest absolute Gasteiger partial charge is 0.311 e. The number of thiophene rings is 1. The number of rotatable bonds is 5. The molecule has 2 aliphatic heterocycles. The van der Waals surface area contributed by atoms with Crippen LogP contribution in [-0.4, -0.2) is 59.4 Å². The van der Waals surface area contributed by atoms with Crippen molar-refractivity contribution in [1.29, 1.82) is 0 Å². The van der Waals surface area contributed by atoms with Gasteiger partial charge in [0.15, 0.2) is 0 Å². The van der Waals surface area contributed by atoms with Gasteiger partial charge in [0.05, 0.1) is 5.56 Å². The van der Waals surface area contributed by atoms with Gasteiger partial charge < -0.3 is 9.32 Å². The van der Waals surface area contributed by atoms with Crippen LogP contribution in [0, 0.1) is 0 Å². The van der Waals surface area contributed by atoms with Crippen LogP contribution < -0.4 is 0 Å². The van der Waals surface area contributed by atoms with Crippen LogP contribution in [0.4, 0.5) is 0 Å². The van der Waals surface area contributed by atoms with Gasteiger partial charge in [-0.25, -0.2) is 8.42 Å². The maximum atomic E-state index is 13.1. The summed E-state index contributed by atoms with van der Waals surface area (Å²) in [6.07, 6.45) is 6.75. The number of aromatic nitrogens is 2. The zero-order valence-corrected chi connectivity index (χ0v) is 18.2. The minimum absolute atomic E-state index is 0.0421. The first-order valence-corrected chi connectivity index (χ1v) is 12.6. The summed E-state index contributed by atoms with van der Waals surface area (Å²) in [6, 6.07) is 1.63. The first-order chi connectivity index (χ1) is 14.0. The second-order valence-electron chi connectivity index (χ2n) is 7.59. The minimum Gasteiger partial charge on any atom is -0.412 e. The lowest BCUT2D eigenvalue weighted by molar-refractivity contribution is 0.0684. The van der Waals surface area contributed by atoms with Gasteiger partial charge in [-0.1, -0.05) is 13.3 Å². The molecule has 1 amide bonds. The number of likely N-dealkylation sites (tertiary alicyclic amines) is 1. The van der Waals surface area contributed by atoms with Crippen molar-refractivity contribution in [2.75, 3.05) is 19.6 Å². The Morgan fingerprint density at radius 1 is 1.17 bits per heavy atom. The van der Waals surface area contributed by atoms with E-state index in [4.69, 9.17) is 4.42 Å². The molecule has 2 saturated heterocycles. The molecule has 0 N–H and O–H groups in total. The van der Waals surface area contributed by atoms with Crippen LogP contribution >= 0.6 is 11.3 Å². The highest BCUT2D eigenvalue weighted by atomic mass is 32.2. The van der Waals surface area contributed by atoms with Crippen LogP contribution in [-0.2, 0) is 10.0 Å².